The van der Waals surface area contributed by atoms with Crippen molar-refractivity contribution in [3.8, 4) is 0 Å². The van der Waals surface area contributed by atoms with Gasteiger partial charge >= 0.3 is 0 Å². The average Bonchev–Trinajstić information content (AvgIpc) is 3.17. The summed E-state index contributed by atoms with van der Waals surface area (Å²) in [7, 11) is 6.31. The molecule has 0 fully saturated rings. The maximum atomic E-state index is 13.1. The summed E-state index contributed by atoms with van der Waals surface area (Å²) in [5, 5.41) is 6.41. The van der Waals surface area contributed by atoms with Crippen molar-refractivity contribution in [1.29, 1.82) is 0 Å². The van der Waals surface area contributed by atoms with Gasteiger partial charge in [0.1, 0.15) is 0 Å². The molecule has 0 saturated heterocycles. The van der Waals surface area contributed by atoms with E-state index in [9.17, 15) is 9.59 Å². The molecule has 7 nitrogen and oxygen atoms in total. The second-order valence-corrected chi connectivity index (χ2v) is 9.41. The van der Waals surface area contributed by atoms with Crippen LogP contribution in [0.5, 0.6) is 0 Å². The van der Waals surface area contributed by atoms with E-state index in [0.717, 1.165) is 42.9 Å². The third kappa shape index (κ3) is 6.00. The molecule has 0 aromatic heterocycles. The zero-order valence-electron chi connectivity index (χ0n) is 21.0. The highest BCUT2D eigenvalue weighted by Gasteiger charge is 2.29. The fourth-order valence-corrected chi connectivity index (χ4v) is 4.40. The van der Waals surface area contributed by atoms with Crippen LogP contribution in [0.4, 0.5) is 11.4 Å². The van der Waals surface area contributed by atoms with Crippen LogP contribution in [0.2, 0.25) is 0 Å². The van der Waals surface area contributed by atoms with Crippen LogP contribution in [0.25, 0.3) is 11.3 Å². The van der Waals surface area contributed by atoms with Gasteiger partial charge in [0, 0.05) is 29.0 Å². The van der Waals surface area contributed by atoms with Crippen LogP contribution in [0.15, 0.2) is 72.8 Å². The Morgan fingerprint density at radius 2 is 1.69 bits per heavy atom. The van der Waals surface area contributed by atoms with Crippen molar-refractivity contribution in [1.82, 2.24) is 9.80 Å². The lowest BCUT2D eigenvalue weighted by Gasteiger charge is -2.19. The summed E-state index contributed by atoms with van der Waals surface area (Å²) in [5.74, 6) is -0.760. The monoisotopic (exact) mass is 483 g/mol. The molecule has 4 rings (SSSR count). The SMILES string of the molecule is CN(C)CCCN(C)Cc1cccc(NC(=C2C(=O)Nc3cc(C(N)=O)ccc32)c2ccccc2)c1. The Bertz CT molecular complexity index is 1280. The highest BCUT2D eigenvalue weighted by Crippen LogP contribution is 2.38. The third-order valence-electron chi connectivity index (χ3n) is 6.16. The van der Waals surface area contributed by atoms with Gasteiger partial charge in [0.15, 0.2) is 0 Å². The normalized spacial score (nSPS) is 14.1. The minimum Gasteiger partial charge on any atom is -0.366 e. The van der Waals surface area contributed by atoms with Crippen molar-refractivity contribution >= 4 is 34.5 Å². The molecule has 1 heterocycles. The number of carbonyl (C=O) groups is 2. The van der Waals surface area contributed by atoms with E-state index in [4.69, 9.17) is 5.73 Å². The van der Waals surface area contributed by atoms with Crippen molar-refractivity contribution in [2.45, 2.75) is 13.0 Å². The number of carbonyl (C=O) groups excluding carboxylic acids is 2. The van der Waals surface area contributed by atoms with Crippen LogP contribution in [-0.2, 0) is 11.3 Å². The Kier molecular flexibility index (Phi) is 7.83. The van der Waals surface area contributed by atoms with E-state index in [1.54, 1.807) is 18.2 Å². The number of nitrogens with zero attached hydrogens (tertiary/aromatic N) is 2. The number of anilines is 2. The van der Waals surface area contributed by atoms with Gasteiger partial charge in [-0.25, -0.2) is 0 Å². The Morgan fingerprint density at radius 3 is 2.42 bits per heavy atom. The number of rotatable bonds is 10. The number of benzene rings is 3. The minimum absolute atomic E-state index is 0.227. The fourth-order valence-electron chi connectivity index (χ4n) is 4.40. The Labute approximate surface area is 212 Å². The summed E-state index contributed by atoms with van der Waals surface area (Å²) in [6, 6.07) is 23.1. The lowest BCUT2D eigenvalue weighted by molar-refractivity contribution is -0.110. The zero-order valence-corrected chi connectivity index (χ0v) is 21.0. The predicted octanol–water partition coefficient (Wildman–Crippen LogP) is 4.10. The maximum absolute atomic E-state index is 13.1. The first-order valence-corrected chi connectivity index (χ1v) is 12.1. The van der Waals surface area contributed by atoms with E-state index in [1.807, 2.05) is 42.5 Å². The van der Waals surface area contributed by atoms with Gasteiger partial charge in [-0.2, -0.15) is 0 Å². The summed E-state index contributed by atoms with van der Waals surface area (Å²) < 4.78 is 0. The molecule has 7 heteroatoms. The molecule has 4 N–H and O–H groups in total. The molecular formula is C29H33N5O2. The second-order valence-electron chi connectivity index (χ2n) is 9.41. The molecule has 186 valence electrons. The second kappa shape index (κ2) is 11.2. The van der Waals surface area contributed by atoms with Crippen molar-refractivity contribution in [2.75, 3.05) is 44.9 Å². The molecule has 0 saturated carbocycles. The molecule has 0 bridgehead atoms. The standard InChI is InChI=1S/C29H33N5O2/c1-33(2)15-8-16-34(3)19-20-9-7-12-23(17-20)31-27(21-10-5-4-6-11-21)26-24-14-13-22(28(30)35)18-25(24)32-29(26)36/h4-7,9-14,17-18,31H,8,15-16,19H2,1-3H3,(H2,30,35)(H,32,36). The molecule has 0 radical (unpaired) electrons. The quantitative estimate of drug-likeness (QED) is 0.378. The molecule has 1 aliphatic rings. The van der Waals surface area contributed by atoms with Gasteiger partial charge in [0.05, 0.1) is 11.3 Å². The fraction of sp³-hybridized carbons (Fsp3) is 0.241. The van der Waals surface area contributed by atoms with Gasteiger partial charge in [0.2, 0.25) is 5.91 Å². The van der Waals surface area contributed by atoms with Crippen molar-refractivity contribution in [3.05, 3.63) is 95.1 Å². The predicted molar refractivity (Wildman–Crippen MR) is 146 cm³/mol. The summed E-state index contributed by atoms with van der Waals surface area (Å²) in [6.07, 6.45) is 1.11. The number of hydrogen-bond acceptors (Lipinski definition) is 5. The van der Waals surface area contributed by atoms with E-state index in [0.29, 0.717) is 22.5 Å². The lowest BCUT2D eigenvalue weighted by Crippen LogP contribution is -2.23. The largest absolute Gasteiger partial charge is 0.366 e. The van der Waals surface area contributed by atoms with E-state index in [2.05, 4.69) is 53.7 Å². The van der Waals surface area contributed by atoms with Gasteiger partial charge in [0.25, 0.3) is 5.91 Å². The topological polar surface area (TPSA) is 90.7 Å². The molecule has 0 aliphatic carbocycles. The van der Waals surface area contributed by atoms with Crippen molar-refractivity contribution in [3.63, 3.8) is 0 Å². The number of nitrogens with one attached hydrogen (secondary N) is 2. The van der Waals surface area contributed by atoms with Gasteiger partial charge < -0.3 is 26.2 Å². The molecule has 0 spiro atoms. The van der Waals surface area contributed by atoms with Gasteiger partial charge in [-0.1, -0.05) is 48.5 Å². The first-order chi connectivity index (χ1) is 17.3. The highest BCUT2D eigenvalue weighted by molar-refractivity contribution is 6.37. The number of fused-ring (bicyclic) bond motifs is 1. The molecule has 0 atom stereocenters. The first kappa shape index (κ1) is 25.2. The van der Waals surface area contributed by atoms with Gasteiger partial charge in [-0.15, -0.1) is 0 Å². The van der Waals surface area contributed by atoms with E-state index in [-0.39, 0.29) is 5.91 Å². The number of amides is 2. The Morgan fingerprint density at radius 1 is 0.917 bits per heavy atom. The van der Waals surface area contributed by atoms with Crippen LogP contribution in [-0.4, -0.2) is 55.8 Å². The molecular weight excluding hydrogens is 450 g/mol. The van der Waals surface area contributed by atoms with E-state index >= 15 is 0 Å². The smallest absolute Gasteiger partial charge is 0.258 e. The molecule has 0 unspecified atom stereocenters. The third-order valence-corrected chi connectivity index (χ3v) is 6.16. The van der Waals surface area contributed by atoms with Crippen LogP contribution in [0.1, 0.15) is 33.5 Å². The van der Waals surface area contributed by atoms with Crippen LogP contribution in [0, 0.1) is 0 Å². The Hall–Kier alpha value is -3.94. The lowest BCUT2D eigenvalue weighted by atomic mass is 9.99. The highest BCUT2D eigenvalue weighted by atomic mass is 16.2. The van der Waals surface area contributed by atoms with Crippen LogP contribution < -0.4 is 16.4 Å². The summed E-state index contributed by atoms with van der Waals surface area (Å²) in [4.78, 5) is 29.3. The number of hydrogen-bond donors (Lipinski definition) is 3. The molecule has 1 aliphatic heterocycles. The Balaban J connectivity index is 1.65. The average molecular weight is 484 g/mol. The van der Waals surface area contributed by atoms with Gasteiger partial charge in [-0.05, 0) is 76.0 Å². The van der Waals surface area contributed by atoms with Crippen molar-refractivity contribution < 1.29 is 9.59 Å². The zero-order chi connectivity index (χ0) is 25.7. The molecule has 36 heavy (non-hydrogen) atoms. The maximum Gasteiger partial charge on any atom is 0.258 e. The van der Waals surface area contributed by atoms with Gasteiger partial charge in [-0.3, -0.25) is 9.59 Å². The number of nitrogens with two attached hydrogens (primary N) is 1. The minimum atomic E-state index is -0.533. The molecule has 2 amide bonds. The van der Waals surface area contributed by atoms with Crippen LogP contribution >= 0.6 is 0 Å². The summed E-state index contributed by atoms with van der Waals surface area (Å²) in [5.41, 5.74) is 11.3. The molecule has 3 aromatic carbocycles. The van der Waals surface area contributed by atoms with Crippen LogP contribution in [0.3, 0.4) is 0 Å². The van der Waals surface area contributed by atoms with E-state index < -0.39 is 5.91 Å². The molecule has 3 aromatic rings. The first-order valence-electron chi connectivity index (χ1n) is 12.1. The van der Waals surface area contributed by atoms with E-state index in [1.165, 1.54) is 5.56 Å². The van der Waals surface area contributed by atoms with Crippen molar-refractivity contribution in [2.24, 2.45) is 5.73 Å². The summed E-state index contributed by atoms with van der Waals surface area (Å²) >= 11 is 0. The summed E-state index contributed by atoms with van der Waals surface area (Å²) in [6.45, 7) is 2.91. The number of primary amides is 1.